The molecule has 24 heavy (non-hydrogen) atoms. The van der Waals surface area contributed by atoms with Gasteiger partial charge >= 0.3 is 0 Å². The van der Waals surface area contributed by atoms with Gasteiger partial charge in [-0.1, -0.05) is 11.8 Å². The fraction of sp³-hybridized carbons (Fsp3) is 0.333. The van der Waals surface area contributed by atoms with E-state index in [2.05, 4.69) is 15.3 Å². The van der Waals surface area contributed by atoms with Crippen molar-refractivity contribution in [3.8, 4) is 11.5 Å². The minimum absolute atomic E-state index is 0.0181. The molecule has 0 fully saturated rings. The number of nitrogens with one attached hydrogen (secondary N) is 1. The van der Waals surface area contributed by atoms with Crippen molar-refractivity contribution in [2.75, 3.05) is 18.8 Å². The highest BCUT2D eigenvalue weighted by Gasteiger charge is 2.16. The van der Waals surface area contributed by atoms with Crippen LogP contribution in [-0.4, -0.2) is 49.5 Å². The summed E-state index contributed by atoms with van der Waals surface area (Å²) in [6.45, 7) is 5.20. The number of rotatable bonds is 6. The number of aromatic amines is 1. The maximum absolute atomic E-state index is 12.1. The molecule has 3 rings (SSSR count). The first kappa shape index (κ1) is 16.3. The summed E-state index contributed by atoms with van der Waals surface area (Å²) in [5.41, 5.74) is 0.546. The first-order valence-electron chi connectivity index (χ1n) is 7.57. The Hall–Kier alpha value is -2.55. The minimum Gasteiger partial charge on any atom is -0.463 e. The van der Waals surface area contributed by atoms with E-state index in [1.54, 1.807) is 29.4 Å². The first-order valence-corrected chi connectivity index (χ1v) is 8.55. The standard InChI is InChI=1S/C15H17N5O3S/c1-3-19(4-2)13(21)9-24-15-17-16-14(22)11-8-10(18-20(11)15)12-6-5-7-23-12/h5-8H,3-4,9H2,1-2H3,(H,16,22). The van der Waals surface area contributed by atoms with Crippen LogP contribution in [0.25, 0.3) is 17.0 Å². The number of fused-ring (bicyclic) bond motifs is 1. The second kappa shape index (κ2) is 6.91. The average molecular weight is 347 g/mol. The number of aromatic nitrogens is 4. The van der Waals surface area contributed by atoms with Crippen LogP contribution in [0.4, 0.5) is 0 Å². The zero-order chi connectivity index (χ0) is 17.1. The third-order valence-electron chi connectivity index (χ3n) is 3.59. The summed E-state index contributed by atoms with van der Waals surface area (Å²) in [4.78, 5) is 25.8. The third kappa shape index (κ3) is 3.07. The van der Waals surface area contributed by atoms with Gasteiger partial charge in [0.15, 0.2) is 5.76 Å². The molecule has 0 atom stereocenters. The summed E-state index contributed by atoms with van der Waals surface area (Å²) >= 11 is 1.23. The van der Waals surface area contributed by atoms with Crippen LogP contribution in [-0.2, 0) is 4.79 Å². The molecule has 1 N–H and O–H groups in total. The van der Waals surface area contributed by atoms with Crippen LogP contribution in [0.1, 0.15) is 13.8 Å². The van der Waals surface area contributed by atoms with Crippen LogP contribution < -0.4 is 5.56 Å². The average Bonchev–Trinajstić information content (AvgIpc) is 3.25. The van der Waals surface area contributed by atoms with Gasteiger partial charge in [0.25, 0.3) is 5.56 Å². The van der Waals surface area contributed by atoms with E-state index in [-0.39, 0.29) is 17.2 Å². The molecule has 0 spiro atoms. The molecule has 0 bridgehead atoms. The zero-order valence-corrected chi connectivity index (χ0v) is 14.2. The van der Waals surface area contributed by atoms with Crippen LogP contribution >= 0.6 is 11.8 Å². The van der Waals surface area contributed by atoms with E-state index in [4.69, 9.17) is 4.42 Å². The molecular weight excluding hydrogens is 330 g/mol. The van der Waals surface area contributed by atoms with Gasteiger partial charge in [0.1, 0.15) is 11.2 Å². The van der Waals surface area contributed by atoms with Crippen molar-refractivity contribution in [1.29, 1.82) is 0 Å². The number of nitrogens with zero attached hydrogens (tertiary/aromatic N) is 4. The lowest BCUT2D eigenvalue weighted by molar-refractivity contribution is -0.127. The number of thioether (sulfide) groups is 1. The summed E-state index contributed by atoms with van der Waals surface area (Å²) in [6.07, 6.45) is 1.54. The van der Waals surface area contributed by atoms with Crippen molar-refractivity contribution < 1.29 is 9.21 Å². The summed E-state index contributed by atoms with van der Waals surface area (Å²) in [7, 11) is 0. The Labute approximate surface area is 141 Å². The molecule has 0 aliphatic carbocycles. The molecule has 3 heterocycles. The molecule has 126 valence electrons. The number of hydrogen-bond acceptors (Lipinski definition) is 6. The summed E-state index contributed by atoms with van der Waals surface area (Å²) in [6, 6.07) is 5.15. The fourth-order valence-electron chi connectivity index (χ4n) is 2.32. The summed E-state index contributed by atoms with van der Waals surface area (Å²) < 4.78 is 6.75. The lowest BCUT2D eigenvalue weighted by atomic mass is 10.3. The Morgan fingerprint density at radius 3 is 2.88 bits per heavy atom. The van der Waals surface area contributed by atoms with Crippen LogP contribution in [0.3, 0.4) is 0 Å². The Morgan fingerprint density at radius 2 is 2.21 bits per heavy atom. The van der Waals surface area contributed by atoms with E-state index in [1.165, 1.54) is 16.3 Å². The molecule has 3 aromatic rings. The van der Waals surface area contributed by atoms with Gasteiger partial charge in [0.2, 0.25) is 11.1 Å². The van der Waals surface area contributed by atoms with Crippen molar-refractivity contribution in [1.82, 2.24) is 24.7 Å². The zero-order valence-electron chi connectivity index (χ0n) is 13.4. The summed E-state index contributed by atoms with van der Waals surface area (Å²) in [5, 5.41) is 11.3. The van der Waals surface area contributed by atoms with Crippen LogP contribution in [0.5, 0.6) is 0 Å². The number of H-pyrrole nitrogens is 1. The van der Waals surface area contributed by atoms with Gasteiger partial charge in [0.05, 0.1) is 12.0 Å². The molecule has 8 nitrogen and oxygen atoms in total. The van der Waals surface area contributed by atoms with Crippen molar-refractivity contribution in [2.24, 2.45) is 0 Å². The maximum atomic E-state index is 12.1. The Kier molecular flexibility index (Phi) is 4.70. The second-order valence-corrected chi connectivity index (χ2v) is 5.94. The number of carbonyl (C=O) groups excluding carboxylic acids is 1. The van der Waals surface area contributed by atoms with Gasteiger partial charge in [-0.15, -0.1) is 5.10 Å². The normalized spacial score (nSPS) is 11.1. The number of hydrogen-bond donors (Lipinski definition) is 1. The number of amides is 1. The van der Waals surface area contributed by atoms with E-state index in [0.29, 0.717) is 35.2 Å². The predicted molar refractivity (Wildman–Crippen MR) is 90.0 cm³/mol. The SMILES string of the molecule is CCN(CC)C(=O)CSc1n[nH]c(=O)c2cc(-c3ccco3)nn12. The second-order valence-electron chi connectivity index (χ2n) is 4.99. The van der Waals surface area contributed by atoms with Gasteiger partial charge in [-0.2, -0.15) is 5.10 Å². The van der Waals surface area contributed by atoms with E-state index in [1.807, 2.05) is 13.8 Å². The quantitative estimate of drug-likeness (QED) is 0.681. The lowest BCUT2D eigenvalue weighted by Crippen LogP contribution is -2.32. The Balaban J connectivity index is 1.90. The van der Waals surface area contributed by atoms with E-state index in [9.17, 15) is 9.59 Å². The lowest BCUT2D eigenvalue weighted by Gasteiger charge is -2.17. The van der Waals surface area contributed by atoms with Crippen LogP contribution in [0.2, 0.25) is 0 Å². The molecule has 0 saturated heterocycles. The molecule has 1 amide bonds. The summed E-state index contributed by atoms with van der Waals surface area (Å²) in [5.74, 6) is 0.809. The van der Waals surface area contributed by atoms with Crippen molar-refractivity contribution in [2.45, 2.75) is 19.0 Å². The van der Waals surface area contributed by atoms with E-state index >= 15 is 0 Å². The number of carbonyl (C=O) groups is 1. The van der Waals surface area contributed by atoms with E-state index < -0.39 is 0 Å². The molecule has 0 aliphatic rings. The molecule has 9 heteroatoms. The smallest absolute Gasteiger partial charge is 0.290 e. The highest BCUT2D eigenvalue weighted by atomic mass is 32.2. The molecule has 3 aromatic heterocycles. The third-order valence-corrected chi connectivity index (χ3v) is 4.50. The topological polar surface area (TPSA) is 96.5 Å². The molecule has 0 unspecified atom stereocenters. The van der Waals surface area contributed by atoms with Gasteiger partial charge in [-0.3, -0.25) is 9.59 Å². The van der Waals surface area contributed by atoms with Crippen LogP contribution in [0.15, 0.2) is 38.8 Å². The van der Waals surface area contributed by atoms with Crippen molar-refractivity contribution in [3.05, 3.63) is 34.8 Å². The fourth-order valence-corrected chi connectivity index (χ4v) is 3.13. The van der Waals surface area contributed by atoms with E-state index in [0.717, 1.165) is 0 Å². The van der Waals surface area contributed by atoms with Crippen molar-refractivity contribution in [3.63, 3.8) is 0 Å². The van der Waals surface area contributed by atoms with Gasteiger partial charge < -0.3 is 9.32 Å². The van der Waals surface area contributed by atoms with Crippen molar-refractivity contribution >= 4 is 23.2 Å². The highest BCUT2D eigenvalue weighted by molar-refractivity contribution is 7.99. The monoisotopic (exact) mass is 347 g/mol. The number of furan rings is 1. The molecule has 0 saturated carbocycles. The molecule has 0 aromatic carbocycles. The molecule has 0 radical (unpaired) electrons. The van der Waals surface area contributed by atoms with Crippen LogP contribution in [0, 0.1) is 0 Å². The Morgan fingerprint density at radius 1 is 1.42 bits per heavy atom. The maximum Gasteiger partial charge on any atom is 0.290 e. The minimum atomic E-state index is -0.347. The van der Waals surface area contributed by atoms with Gasteiger partial charge in [-0.25, -0.2) is 9.61 Å². The molecular formula is C15H17N5O3S. The molecule has 0 aliphatic heterocycles. The largest absolute Gasteiger partial charge is 0.463 e. The Bertz CT molecular complexity index is 896. The van der Waals surface area contributed by atoms with Gasteiger partial charge in [0, 0.05) is 19.2 Å². The predicted octanol–water partition coefficient (Wildman–Crippen LogP) is 1.64. The van der Waals surface area contributed by atoms with Gasteiger partial charge in [-0.05, 0) is 26.0 Å². The first-order chi connectivity index (χ1) is 11.6. The highest BCUT2D eigenvalue weighted by Crippen LogP contribution is 2.21.